The lowest BCUT2D eigenvalue weighted by atomic mass is 10.1. The molecule has 0 unspecified atom stereocenters. The van der Waals surface area contributed by atoms with Gasteiger partial charge in [-0.2, -0.15) is 0 Å². The predicted octanol–water partition coefficient (Wildman–Crippen LogP) is 2.26. The van der Waals surface area contributed by atoms with Crippen molar-refractivity contribution in [2.45, 2.75) is 25.9 Å². The van der Waals surface area contributed by atoms with Gasteiger partial charge in [0.05, 0.1) is 5.69 Å². The molecule has 0 saturated heterocycles. The first-order valence-corrected chi connectivity index (χ1v) is 7.64. The molecule has 2 aromatic rings. The smallest absolute Gasteiger partial charge is 0.328 e. The van der Waals surface area contributed by atoms with Crippen LogP contribution in [0.4, 0.5) is 4.39 Å². The molecule has 0 amide bonds. The maximum atomic E-state index is 13.3. The number of nitrogens with zero attached hydrogens (tertiary/aromatic N) is 1. The average molecular weight is 346 g/mol. The number of carboxylic acids is 2. The highest BCUT2D eigenvalue weighted by molar-refractivity contribution is 5.89. The molecule has 3 rings (SSSR count). The Morgan fingerprint density at radius 2 is 1.88 bits per heavy atom. The maximum Gasteiger partial charge on any atom is 0.328 e. The van der Waals surface area contributed by atoms with E-state index in [0.29, 0.717) is 12.2 Å². The van der Waals surface area contributed by atoms with Gasteiger partial charge < -0.3 is 20.5 Å². The molecule has 6 nitrogen and oxygen atoms in total. The highest BCUT2D eigenvalue weighted by Crippen LogP contribution is 2.37. The van der Waals surface area contributed by atoms with Gasteiger partial charge in [-0.25, -0.2) is 14.0 Å². The van der Waals surface area contributed by atoms with Crippen LogP contribution < -0.4 is 5.73 Å². The summed E-state index contributed by atoms with van der Waals surface area (Å²) in [7, 11) is 0. The standard InChI is InChI=1S/C14H15FN2.C4H4O4/c1-9(16)8-17-5-4-11-6-10-2-3-12(15)7-13(10)14(11)17;5-3(6)1-2-4(7)8/h2-5,7,9H,6,8,16H2,1H3;1-2H,(H,5,6)(H,7,8)/b;2-1+/t9-;/m1./s1. The number of rotatable bonds is 4. The zero-order valence-corrected chi connectivity index (χ0v) is 13.6. The molecule has 1 atom stereocenters. The first-order valence-electron chi connectivity index (χ1n) is 7.64. The van der Waals surface area contributed by atoms with E-state index in [4.69, 9.17) is 15.9 Å². The zero-order chi connectivity index (χ0) is 18.6. The van der Waals surface area contributed by atoms with E-state index < -0.39 is 11.9 Å². The molecule has 1 aromatic carbocycles. The topological polar surface area (TPSA) is 106 Å². The van der Waals surface area contributed by atoms with E-state index in [9.17, 15) is 14.0 Å². The SMILES string of the molecule is C[C@@H](N)Cn1ccc2c1-c1cc(F)ccc1C2.O=C(O)/C=C/C(=O)O. The Bertz CT molecular complexity index is 808. The van der Waals surface area contributed by atoms with E-state index >= 15 is 0 Å². The number of hydrogen-bond donors (Lipinski definition) is 3. The number of fused-ring (bicyclic) bond motifs is 3. The molecular weight excluding hydrogens is 327 g/mol. The van der Waals surface area contributed by atoms with Gasteiger partial charge in [0.1, 0.15) is 5.82 Å². The number of aromatic nitrogens is 1. The second-order valence-corrected chi connectivity index (χ2v) is 5.81. The van der Waals surface area contributed by atoms with Crippen LogP contribution in [0.25, 0.3) is 11.3 Å². The number of hydrogen-bond acceptors (Lipinski definition) is 3. The summed E-state index contributed by atoms with van der Waals surface area (Å²) in [6, 6.07) is 7.24. The fourth-order valence-corrected chi connectivity index (χ4v) is 2.72. The molecule has 0 aliphatic heterocycles. The first-order chi connectivity index (χ1) is 11.8. The summed E-state index contributed by atoms with van der Waals surface area (Å²) < 4.78 is 15.5. The summed E-state index contributed by atoms with van der Waals surface area (Å²) in [5.41, 5.74) is 10.5. The van der Waals surface area contributed by atoms with Gasteiger partial charge >= 0.3 is 11.9 Å². The van der Waals surface area contributed by atoms with Crippen molar-refractivity contribution in [2.75, 3.05) is 0 Å². The Morgan fingerprint density at radius 1 is 1.24 bits per heavy atom. The third-order valence-corrected chi connectivity index (χ3v) is 3.61. The monoisotopic (exact) mass is 346 g/mol. The van der Waals surface area contributed by atoms with Gasteiger partial charge in [-0.3, -0.25) is 0 Å². The minimum absolute atomic E-state index is 0.101. The van der Waals surface area contributed by atoms with Gasteiger partial charge in [0, 0.05) is 42.9 Å². The fraction of sp³-hybridized carbons (Fsp3) is 0.222. The molecule has 7 heteroatoms. The molecular formula is C18H19FN2O4. The minimum atomic E-state index is -1.26. The summed E-state index contributed by atoms with van der Waals surface area (Å²) in [5.74, 6) is -2.69. The molecule has 0 spiro atoms. The third kappa shape index (κ3) is 4.77. The van der Waals surface area contributed by atoms with Crippen LogP contribution in [-0.4, -0.2) is 32.8 Å². The van der Waals surface area contributed by atoms with Gasteiger partial charge in [-0.05, 0) is 36.2 Å². The maximum absolute atomic E-state index is 13.3. The summed E-state index contributed by atoms with van der Waals surface area (Å²) in [6.45, 7) is 2.75. The van der Waals surface area contributed by atoms with Crippen molar-refractivity contribution in [3.63, 3.8) is 0 Å². The van der Waals surface area contributed by atoms with Crippen LogP contribution in [0.5, 0.6) is 0 Å². The molecule has 1 aromatic heterocycles. The number of nitrogens with two attached hydrogens (primary N) is 1. The van der Waals surface area contributed by atoms with Gasteiger partial charge in [0.15, 0.2) is 0 Å². The van der Waals surface area contributed by atoms with Crippen molar-refractivity contribution in [3.8, 4) is 11.3 Å². The van der Waals surface area contributed by atoms with Gasteiger partial charge in [0.2, 0.25) is 0 Å². The second kappa shape index (κ2) is 7.76. The van der Waals surface area contributed by atoms with Gasteiger partial charge in [0.25, 0.3) is 0 Å². The average Bonchev–Trinajstić information content (AvgIpc) is 3.05. The number of carboxylic acid groups (broad SMARTS) is 2. The highest BCUT2D eigenvalue weighted by atomic mass is 19.1. The largest absolute Gasteiger partial charge is 0.478 e. The van der Waals surface area contributed by atoms with E-state index in [1.807, 2.05) is 19.2 Å². The van der Waals surface area contributed by atoms with Crippen molar-refractivity contribution in [3.05, 3.63) is 59.6 Å². The zero-order valence-electron chi connectivity index (χ0n) is 13.6. The molecule has 1 aliphatic carbocycles. The van der Waals surface area contributed by atoms with E-state index in [0.717, 1.165) is 24.2 Å². The number of benzene rings is 1. The normalized spacial score (nSPS) is 12.9. The molecule has 0 bridgehead atoms. The summed E-state index contributed by atoms with van der Waals surface area (Å²) in [4.78, 5) is 19.1. The van der Waals surface area contributed by atoms with Crippen LogP contribution in [0.1, 0.15) is 18.1 Å². The minimum Gasteiger partial charge on any atom is -0.478 e. The molecule has 0 radical (unpaired) electrons. The van der Waals surface area contributed by atoms with Gasteiger partial charge in [-0.15, -0.1) is 0 Å². The molecule has 25 heavy (non-hydrogen) atoms. The van der Waals surface area contributed by atoms with Crippen LogP contribution in [0, 0.1) is 5.82 Å². The van der Waals surface area contributed by atoms with Crippen molar-refractivity contribution < 1.29 is 24.2 Å². The number of carbonyl (C=O) groups is 2. The highest BCUT2D eigenvalue weighted by Gasteiger charge is 2.22. The third-order valence-electron chi connectivity index (χ3n) is 3.61. The molecule has 1 heterocycles. The molecule has 1 aliphatic rings. The summed E-state index contributed by atoms with van der Waals surface area (Å²) in [6.07, 6.45) is 4.06. The molecule has 0 saturated carbocycles. The van der Waals surface area contributed by atoms with E-state index in [-0.39, 0.29) is 11.9 Å². The molecule has 132 valence electrons. The van der Waals surface area contributed by atoms with Crippen molar-refractivity contribution >= 4 is 11.9 Å². The quantitative estimate of drug-likeness (QED) is 0.628. The second-order valence-electron chi connectivity index (χ2n) is 5.81. The number of aliphatic carboxylic acids is 2. The van der Waals surface area contributed by atoms with Gasteiger partial charge in [-0.1, -0.05) is 6.07 Å². The van der Waals surface area contributed by atoms with Crippen LogP contribution >= 0.6 is 0 Å². The first kappa shape index (κ1) is 18.4. The lowest BCUT2D eigenvalue weighted by Gasteiger charge is -2.11. The Balaban J connectivity index is 0.000000242. The van der Waals surface area contributed by atoms with Crippen LogP contribution in [0.2, 0.25) is 0 Å². The molecule has 0 fully saturated rings. The van der Waals surface area contributed by atoms with E-state index in [1.54, 1.807) is 6.07 Å². The molecule has 4 N–H and O–H groups in total. The Hall–Kier alpha value is -2.93. The van der Waals surface area contributed by atoms with Crippen LogP contribution in [-0.2, 0) is 22.6 Å². The Morgan fingerprint density at radius 3 is 2.44 bits per heavy atom. The predicted molar refractivity (Wildman–Crippen MR) is 90.7 cm³/mol. The van der Waals surface area contributed by atoms with E-state index in [2.05, 4.69) is 10.6 Å². The Kier molecular flexibility index (Phi) is 5.71. The lowest BCUT2D eigenvalue weighted by Crippen LogP contribution is -2.22. The summed E-state index contributed by atoms with van der Waals surface area (Å²) in [5, 5.41) is 15.6. The number of halogens is 1. The van der Waals surface area contributed by atoms with Crippen molar-refractivity contribution in [2.24, 2.45) is 5.73 Å². The van der Waals surface area contributed by atoms with Crippen LogP contribution in [0.3, 0.4) is 0 Å². The van der Waals surface area contributed by atoms with E-state index in [1.165, 1.54) is 17.2 Å². The lowest BCUT2D eigenvalue weighted by molar-refractivity contribution is -0.134. The van der Waals surface area contributed by atoms with Crippen molar-refractivity contribution in [1.29, 1.82) is 0 Å². The van der Waals surface area contributed by atoms with Crippen LogP contribution in [0.15, 0.2) is 42.6 Å². The fourth-order valence-electron chi connectivity index (χ4n) is 2.72. The van der Waals surface area contributed by atoms with Crippen molar-refractivity contribution in [1.82, 2.24) is 4.57 Å². The summed E-state index contributed by atoms with van der Waals surface area (Å²) >= 11 is 0. The Labute approximate surface area is 144 Å².